The van der Waals surface area contributed by atoms with Crippen molar-refractivity contribution >= 4 is 16.8 Å². The minimum Gasteiger partial charge on any atom is -0.478 e. The number of rotatable bonds is 3. The van der Waals surface area contributed by atoms with Crippen LogP contribution in [0.2, 0.25) is 0 Å². The van der Waals surface area contributed by atoms with Crippen LogP contribution in [0.25, 0.3) is 0 Å². The lowest BCUT2D eigenvalue weighted by molar-refractivity contribution is 0.0696. The molecule has 1 aromatic carbocycles. The van der Waals surface area contributed by atoms with Crippen molar-refractivity contribution in [2.45, 2.75) is 42.8 Å². The number of hydrogen-bond donors (Lipinski definition) is 1. The zero-order chi connectivity index (χ0) is 14.0. The molecule has 0 saturated heterocycles. The van der Waals surface area contributed by atoms with Crippen molar-refractivity contribution in [1.82, 2.24) is 0 Å². The predicted molar refractivity (Wildman–Crippen MR) is 71.2 cm³/mol. The van der Waals surface area contributed by atoms with Gasteiger partial charge in [-0.05, 0) is 37.0 Å². The number of carbonyl (C=O) groups is 1. The van der Waals surface area contributed by atoms with Gasteiger partial charge in [-0.3, -0.25) is 4.21 Å². The zero-order valence-electron chi connectivity index (χ0n) is 10.8. The number of halogens is 1. The van der Waals surface area contributed by atoms with Crippen molar-refractivity contribution in [2.24, 2.45) is 5.92 Å². The molecule has 0 bridgehead atoms. The molecule has 0 spiro atoms. The normalized spacial score (nSPS) is 24.9. The fourth-order valence-electron chi connectivity index (χ4n) is 2.54. The Morgan fingerprint density at radius 2 is 2.16 bits per heavy atom. The molecular formula is C14H17FO3S. The van der Waals surface area contributed by atoms with E-state index in [0.29, 0.717) is 5.92 Å². The predicted octanol–water partition coefficient (Wildman–Crippen LogP) is 3.21. The largest absolute Gasteiger partial charge is 0.478 e. The van der Waals surface area contributed by atoms with Gasteiger partial charge in [0.1, 0.15) is 5.82 Å². The van der Waals surface area contributed by atoms with Crippen LogP contribution in [0.4, 0.5) is 4.39 Å². The molecule has 0 aromatic heterocycles. The molecule has 2 rings (SSSR count). The second-order valence-electron chi connectivity index (χ2n) is 5.14. The van der Waals surface area contributed by atoms with Crippen LogP contribution in [0.3, 0.4) is 0 Å². The lowest BCUT2D eigenvalue weighted by atomic mass is 9.91. The fourth-order valence-corrected chi connectivity index (χ4v) is 4.29. The molecule has 3 unspecified atom stereocenters. The van der Waals surface area contributed by atoms with Gasteiger partial charge in [-0.25, -0.2) is 9.18 Å². The Morgan fingerprint density at radius 3 is 2.79 bits per heavy atom. The third-order valence-corrected chi connectivity index (χ3v) is 5.37. The summed E-state index contributed by atoms with van der Waals surface area (Å²) in [5.41, 5.74) is -0.0198. The molecule has 0 radical (unpaired) electrons. The van der Waals surface area contributed by atoms with Gasteiger partial charge in [-0.2, -0.15) is 0 Å². The first-order chi connectivity index (χ1) is 8.99. The third kappa shape index (κ3) is 3.21. The summed E-state index contributed by atoms with van der Waals surface area (Å²) < 4.78 is 26.2. The first kappa shape index (κ1) is 14.2. The average Bonchev–Trinajstić information content (AvgIpc) is 2.38. The fraction of sp³-hybridized carbons (Fsp3) is 0.500. The quantitative estimate of drug-likeness (QED) is 0.927. The molecular weight excluding hydrogens is 267 g/mol. The van der Waals surface area contributed by atoms with Gasteiger partial charge in [-0.15, -0.1) is 0 Å². The summed E-state index contributed by atoms with van der Waals surface area (Å²) in [5.74, 6) is -1.22. The smallest absolute Gasteiger partial charge is 0.335 e. The standard InChI is InChI=1S/C14H17FO3S/c1-9-3-2-4-11(7-9)19(18)13-8-10(14(16)17)5-6-12(13)15/h5-6,8-9,11H,2-4,7H2,1H3,(H,16,17). The van der Waals surface area contributed by atoms with E-state index in [4.69, 9.17) is 5.11 Å². The number of aromatic carboxylic acids is 1. The van der Waals surface area contributed by atoms with Crippen LogP contribution in [-0.4, -0.2) is 20.5 Å². The number of benzene rings is 1. The van der Waals surface area contributed by atoms with Crippen molar-refractivity contribution in [3.8, 4) is 0 Å². The first-order valence-corrected chi connectivity index (χ1v) is 7.63. The maximum absolute atomic E-state index is 13.7. The van der Waals surface area contributed by atoms with Crippen LogP contribution in [-0.2, 0) is 10.8 Å². The third-order valence-electron chi connectivity index (χ3n) is 3.59. The highest BCUT2D eigenvalue weighted by molar-refractivity contribution is 7.85. The van der Waals surface area contributed by atoms with Crippen molar-refractivity contribution in [1.29, 1.82) is 0 Å². The van der Waals surface area contributed by atoms with Crippen LogP contribution in [0.15, 0.2) is 23.1 Å². The summed E-state index contributed by atoms with van der Waals surface area (Å²) in [6.45, 7) is 2.10. The Kier molecular flexibility index (Phi) is 4.34. The van der Waals surface area contributed by atoms with E-state index in [-0.39, 0.29) is 15.7 Å². The Bertz CT molecular complexity index is 515. The van der Waals surface area contributed by atoms with Crippen LogP contribution in [0.5, 0.6) is 0 Å². The van der Waals surface area contributed by atoms with Gasteiger partial charge in [-0.1, -0.05) is 19.8 Å². The summed E-state index contributed by atoms with van der Waals surface area (Å²) in [5, 5.41) is 8.85. The summed E-state index contributed by atoms with van der Waals surface area (Å²) in [7, 11) is -1.47. The maximum Gasteiger partial charge on any atom is 0.335 e. The molecule has 0 heterocycles. The molecule has 104 valence electrons. The Morgan fingerprint density at radius 1 is 1.42 bits per heavy atom. The molecule has 19 heavy (non-hydrogen) atoms. The van der Waals surface area contributed by atoms with Crippen molar-refractivity contribution in [2.75, 3.05) is 0 Å². The highest BCUT2D eigenvalue weighted by Crippen LogP contribution is 2.30. The number of carboxylic acids is 1. The second kappa shape index (κ2) is 5.82. The average molecular weight is 284 g/mol. The lowest BCUT2D eigenvalue weighted by Gasteiger charge is -2.26. The van der Waals surface area contributed by atoms with E-state index in [2.05, 4.69) is 6.92 Å². The molecule has 3 atom stereocenters. The highest BCUT2D eigenvalue weighted by atomic mass is 32.2. The number of carboxylic acid groups (broad SMARTS) is 1. The highest BCUT2D eigenvalue weighted by Gasteiger charge is 2.27. The summed E-state index contributed by atoms with van der Waals surface area (Å²) in [6, 6.07) is 3.48. The van der Waals surface area contributed by atoms with Crippen LogP contribution in [0, 0.1) is 11.7 Å². The molecule has 1 fully saturated rings. The minimum atomic E-state index is -1.47. The Hall–Kier alpha value is -1.23. The molecule has 3 nitrogen and oxygen atoms in total. The van der Waals surface area contributed by atoms with Gasteiger partial charge in [0.25, 0.3) is 0 Å². The van der Waals surface area contributed by atoms with Crippen LogP contribution >= 0.6 is 0 Å². The molecule has 1 saturated carbocycles. The molecule has 1 aromatic rings. The van der Waals surface area contributed by atoms with Crippen molar-refractivity contribution < 1.29 is 18.5 Å². The zero-order valence-corrected chi connectivity index (χ0v) is 11.6. The number of hydrogen-bond acceptors (Lipinski definition) is 2. The van der Waals surface area contributed by atoms with Crippen molar-refractivity contribution in [3.05, 3.63) is 29.6 Å². The van der Waals surface area contributed by atoms with E-state index < -0.39 is 22.6 Å². The van der Waals surface area contributed by atoms with Gasteiger partial charge < -0.3 is 5.11 Å². The van der Waals surface area contributed by atoms with E-state index in [1.54, 1.807) is 0 Å². The molecule has 0 aliphatic heterocycles. The molecule has 1 N–H and O–H groups in total. The summed E-state index contributed by atoms with van der Waals surface area (Å²) >= 11 is 0. The molecule has 1 aliphatic rings. The van der Waals surface area contributed by atoms with Gasteiger partial charge >= 0.3 is 5.97 Å². The second-order valence-corrected chi connectivity index (χ2v) is 6.84. The van der Waals surface area contributed by atoms with E-state index >= 15 is 0 Å². The molecule has 5 heteroatoms. The van der Waals surface area contributed by atoms with Gasteiger partial charge in [0.15, 0.2) is 0 Å². The van der Waals surface area contributed by atoms with Crippen LogP contribution in [0.1, 0.15) is 43.0 Å². The first-order valence-electron chi connectivity index (χ1n) is 6.42. The topological polar surface area (TPSA) is 54.4 Å². The molecule has 0 amide bonds. The van der Waals surface area contributed by atoms with Crippen LogP contribution < -0.4 is 0 Å². The SMILES string of the molecule is CC1CCCC(S(=O)c2cc(C(=O)O)ccc2F)C1. The van der Waals surface area contributed by atoms with Crippen molar-refractivity contribution in [3.63, 3.8) is 0 Å². The van der Waals surface area contributed by atoms with Gasteiger partial charge in [0, 0.05) is 5.25 Å². The monoisotopic (exact) mass is 284 g/mol. The van der Waals surface area contributed by atoms with Gasteiger partial charge in [0.05, 0.1) is 21.3 Å². The summed E-state index contributed by atoms with van der Waals surface area (Å²) in [4.78, 5) is 10.9. The van der Waals surface area contributed by atoms with E-state index in [0.717, 1.165) is 31.7 Å². The van der Waals surface area contributed by atoms with E-state index in [9.17, 15) is 13.4 Å². The summed E-state index contributed by atoms with van der Waals surface area (Å²) in [6.07, 6.45) is 3.74. The maximum atomic E-state index is 13.7. The Balaban J connectivity index is 2.27. The lowest BCUT2D eigenvalue weighted by Crippen LogP contribution is -2.23. The minimum absolute atomic E-state index is 0.0198. The van der Waals surface area contributed by atoms with E-state index in [1.807, 2.05) is 0 Å². The molecule has 1 aliphatic carbocycles. The van der Waals surface area contributed by atoms with Gasteiger partial charge in [0.2, 0.25) is 0 Å². The van der Waals surface area contributed by atoms with E-state index in [1.165, 1.54) is 12.1 Å². The Labute approximate surface area is 114 Å².